The number of aldehydes is 1. The molecule has 70 valence electrons. The molecule has 0 aliphatic heterocycles. The van der Waals surface area contributed by atoms with Crippen molar-refractivity contribution in [1.29, 1.82) is 0 Å². The van der Waals surface area contributed by atoms with E-state index in [0.717, 1.165) is 12.7 Å². The third-order valence-electron chi connectivity index (χ3n) is 2.33. The Bertz CT molecular complexity index is 253. The largest absolute Gasteiger partial charge is 0.303 e. The lowest BCUT2D eigenvalue weighted by Gasteiger charge is -2.12. The van der Waals surface area contributed by atoms with Crippen molar-refractivity contribution >= 4 is 6.29 Å². The molecule has 1 heteroatoms. The average molecular weight is 176 g/mol. The summed E-state index contributed by atoms with van der Waals surface area (Å²) >= 11 is 0. The summed E-state index contributed by atoms with van der Waals surface area (Å²) in [6, 6.07) is 10.3. The Kier molecular flexibility index (Phi) is 3.69. The molecule has 0 aromatic heterocycles. The molecule has 0 heterocycles. The quantitative estimate of drug-likeness (QED) is 0.644. The molecule has 0 aliphatic carbocycles. The summed E-state index contributed by atoms with van der Waals surface area (Å²) in [6.45, 7) is 4.13. The molecule has 0 aliphatic rings. The lowest BCUT2D eigenvalue weighted by molar-refractivity contribution is -0.110. The molecule has 1 aromatic carbocycles. The Morgan fingerprint density at radius 2 is 1.85 bits per heavy atom. The number of carbonyl (C=O) groups is 1. The molecular weight excluding hydrogens is 160 g/mol. The number of hydrogen-bond acceptors (Lipinski definition) is 1. The van der Waals surface area contributed by atoms with E-state index < -0.39 is 0 Å². The van der Waals surface area contributed by atoms with Gasteiger partial charge in [0.15, 0.2) is 0 Å². The van der Waals surface area contributed by atoms with Gasteiger partial charge >= 0.3 is 0 Å². The summed E-state index contributed by atoms with van der Waals surface area (Å²) in [5, 5.41) is 0. The van der Waals surface area contributed by atoms with Gasteiger partial charge in [-0.05, 0) is 17.9 Å². The van der Waals surface area contributed by atoms with E-state index >= 15 is 0 Å². The highest BCUT2D eigenvalue weighted by atomic mass is 16.1. The van der Waals surface area contributed by atoms with Gasteiger partial charge in [0, 0.05) is 5.92 Å². The molecule has 2 atom stereocenters. The highest BCUT2D eigenvalue weighted by molar-refractivity contribution is 5.52. The Balaban J connectivity index is 2.58. The highest BCUT2D eigenvalue weighted by Gasteiger charge is 2.08. The molecular formula is C12H16O. The van der Waals surface area contributed by atoms with E-state index in [9.17, 15) is 4.79 Å². The van der Waals surface area contributed by atoms with Crippen LogP contribution in [0.15, 0.2) is 30.3 Å². The minimum absolute atomic E-state index is 0.162. The van der Waals surface area contributed by atoms with E-state index in [-0.39, 0.29) is 5.92 Å². The van der Waals surface area contributed by atoms with Crippen molar-refractivity contribution in [1.82, 2.24) is 0 Å². The molecule has 13 heavy (non-hydrogen) atoms. The summed E-state index contributed by atoms with van der Waals surface area (Å²) in [6.07, 6.45) is 1.97. The maximum Gasteiger partial charge on any atom is 0.122 e. The van der Waals surface area contributed by atoms with E-state index in [0.29, 0.717) is 5.92 Å². The van der Waals surface area contributed by atoms with E-state index in [1.165, 1.54) is 5.56 Å². The minimum Gasteiger partial charge on any atom is -0.303 e. The van der Waals surface area contributed by atoms with Crippen LogP contribution in [0.1, 0.15) is 31.7 Å². The number of hydrogen-bond donors (Lipinski definition) is 0. The average Bonchev–Trinajstić information content (AvgIpc) is 2.19. The fraction of sp³-hybridized carbons (Fsp3) is 0.417. The Labute approximate surface area is 79.8 Å². The van der Waals surface area contributed by atoms with E-state index in [4.69, 9.17) is 0 Å². The van der Waals surface area contributed by atoms with Crippen LogP contribution in [0.5, 0.6) is 0 Å². The van der Waals surface area contributed by atoms with Gasteiger partial charge in [0.1, 0.15) is 6.29 Å². The number of rotatable bonds is 4. The first-order valence-electron chi connectivity index (χ1n) is 4.74. The molecule has 0 unspecified atom stereocenters. The molecule has 0 saturated heterocycles. The molecule has 1 aromatic rings. The molecule has 1 nitrogen and oxygen atoms in total. The predicted octanol–water partition coefficient (Wildman–Crippen LogP) is 3.02. The maximum atomic E-state index is 10.5. The summed E-state index contributed by atoms with van der Waals surface area (Å²) < 4.78 is 0. The van der Waals surface area contributed by atoms with Crippen LogP contribution in [-0.2, 0) is 4.79 Å². The van der Waals surface area contributed by atoms with Gasteiger partial charge in [-0.2, -0.15) is 0 Å². The SMILES string of the molecule is C[C@H](C[C@@H](C)C=O)c1ccccc1. The Morgan fingerprint density at radius 3 is 2.38 bits per heavy atom. The van der Waals surface area contributed by atoms with Crippen molar-refractivity contribution < 1.29 is 4.79 Å². The summed E-state index contributed by atoms with van der Waals surface area (Å²) in [5.41, 5.74) is 1.32. The number of benzene rings is 1. The molecule has 0 amide bonds. The zero-order valence-electron chi connectivity index (χ0n) is 8.23. The Morgan fingerprint density at radius 1 is 1.23 bits per heavy atom. The van der Waals surface area contributed by atoms with Crippen molar-refractivity contribution in [3.63, 3.8) is 0 Å². The van der Waals surface area contributed by atoms with Gasteiger partial charge in [-0.25, -0.2) is 0 Å². The van der Waals surface area contributed by atoms with Gasteiger partial charge in [-0.3, -0.25) is 0 Å². The van der Waals surface area contributed by atoms with Crippen molar-refractivity contribution in [3.05, 3.63) is 35.9 Å². The molecule has 0 radical (unpaired) electrons. The highest BCUT2D eigenvalue weighted by Crippen LogP contribution is 2.21. The fourth-order valence-electron chi connectivity index (χ4n) is 1.53. The molecule has 0 bridgehead atoms. The summed E-state index contributed by atoms with van der Waals surface area (Å²) in [5.74, 6) is 0.636. The monoisotopic (exact) mass is 176 g/mol. The van der Waals surface area contributed by atoms with Gasteiger partial charge in [0.25, 0.3) is 0 Å². The van der Waals surface area contributed by atoms with Gasteiger partial charge < -0.3 is 4.79 Å². The van der Waals surface area contributed by atoms with Crippen LogP contribution < -0.4 is 0 Å². The second-order valence-electron chi connectivity index (χ2n) is 3.66. The first-order valence-corrected chi connectivity index (χ1v) is 4.74. The minimum atomic E-state index is 0.162. The fourth-order valence-corrected chi connectivity index (χ4v) is 1.53. The lowest BCUT2D eigenvalue weighted by Crippen LogP contribution is -2.02. The molecule has 0 spiro atoms. The second kappa shape index (κ2) is 4.80. The zero-order chi connectivity index (χ0) is 9.68. The smallest absolute Gasteiger partial charge is 0.122 e. The summed E-state index contributed by atoms with van der Waals surface area (Å²) in [7, 11) is 0. The maximum absolute atomic E-state index is 10.5. The van der Waals surface area contributed by atoms with Crippen LogP contribution >= 0.6 is 0 Å². The van der Waals surface area contributed by atoms with Crippen molar-refractivity contribution in [3.8, 4) is 0 Å². The standard InChI is InChI=1S/C12H16O/c1-10(9-13)8-11(2)12-6-4-3-5-7-12/h3-7,9-11H,8H2,1-2H3/t10-,11-/m1/s1. The van der Waals surface area contributed by atoms with Gasteiger partial charge in [-0.15, -0.1) is 0 Å². The van der Waals surface area contributed by atoms with Gasteiger partial charge in [0.2, 0.25) is 0 Å². The van der Waals surface area contributed by atoms with Gasteiger partial charge in [0.05, 0.1) is 0 Å². The first-order chi connectivity index (χ1) is 6.24. The van der Waals surface area contributed by atoms with E-state index in [1.807, 2.05) is 25.1 Å². The van der Waals surface area contributed by atoms with Crippen LogP contribution in [0.3, 0.4) is 0 Å². The van der Waals surface area contributed by atoms with Crippen molar-refractivity contribution in [2.75, 3.05) is 0 Å². The van der Waals surface area contributed by atoms with E-state index in [2.05, 4.69) is 19.1 Å². The van der Waals surface area contributed by atoms with Crippen LogP contribution in [0, 0.1) is 5.92 Å². The van der Waals surface area contributed by atoms with Crippen LogP contribution in [0.4, 0.5) is 0 Å². The summed E-state index contributed by atoms with van der Waals surface area (Å²) in [4.78, 5) is 10.5. The van der Waals surface area contributed by atoms with Crippen molar-refractivity contribution in [2.45, 2.75) is 26.2 Å². The lowest BCUT2D eigenvalue weighted by atomic mass is 9.92. The van der Waals surface area contributed by atoms with Gasteiger partial charge in [-0.1, -0.05) is 44.2 Å². The first kappa shape index (κ1) is 9.97. The van der Waals surface area contributed by atoms with Crippen molar-refractivity contribution in [2.24, 2.45) is 5.92 Å². The molecule has 0 saturated carbocycles. The third-order valence-corrected chi connectivity index (χ3v) is 2.33. The number of carbonyl (C=O) groups excluding carboxylic acids is 1. The molecule has 0 fully saturated rings. The normalized spacial score (nSPS) is 14.9. The van der Waals surface area contributed by atoms with E-state index in [1.54, 1.807) is 0 Å². The third kappa shape index (κ3) is 3.02. The topological polar surface area (TPSA) is 17.1 Å². The van der Waals surface area contributed by atoms with Crippen LogP contribution in [0.25, 0.3) is 0 Å². The molecule has 1 rings (SSSR count). The van der Waals surface area contributed by atoms with Crippen LogP contribution in [0.2, 0.25) is 0 Å². The Hall–Kier alpha value is -1.11. The van der Waals surface area contributed by atoms with Crippen LogP contribution in [-0.4, -0.2) is 6.29 Å². The predicted molar refractivity (Wildman–Crippen MR) is 54.7 cm³/mol. The molecule has 0 N–H and O–H groups in total. The second-order valence-corrected chi connectivity index (χ2v) is 3.66. The zero-order valence-corrected chi connectivity index (χ0v) is 8.23.